The largest absolute Gasteiger partial charge is 1.00 e. The van der Waals surface area contributed by atoms with Crippen molar-refractivity contribution in [3.8, 4) is 0 Å². The van der Waals surface area contributed by atoms with Crippen molar-refractivity contribution in [2.75, 3.05) is 19.5 Å². The van der Waals surface area contributed by atoms with E-state index in [9.17, 15) is 0 Å². The maximum absolute atomic E-state index is 2.99. The van der Waals surface area contributed by atoms with E-state index in [0.717, 1.165) is 6.42 Å². The van der Waals surface area contributed by atoms with Crippen molar-refractivity contribution in [3.63, 3.8) is 0 Å². The van der Waals surface area contributed by atoms with Gasteiger partial charge in [0.2, 0.25) is 0 Å². The van der Waals surface area contributed by atoms with E-state index in [4.69, 9.17) is 0 Å². The molecule has 1 aliphatic rings. The van der Waals surface area contributed by atoms with Crippen molar-refractivity contribution in [1.82, 2.24) is 0 Å². The summed E-state index contributed by atoms with van der Waals surface area (Å²) in [5, 5.41) is 0. The third-order valence-corrected chi connectivity index (χ3v) is 2.23. The van der Waals surface area contributed by atoms with Crippen LogP contribution in [0.15, 0.2) is 18.2 Å². The summed E-state index contributed by atoms with van der Waals surface area (Å²) in [6.07, 6.45) is 13.5. The van der Waals surface area contributed by atoms with E-state index in [0.29, 0.717) is 7.92 Å². The van der Waals surface area contributed by atoms with Gasteiger partial charge >= 0.3 is 0 Å². The molecule has 0 aromatic carbocycles. The Kier molecular flexibility index (Phi) is 48.9. The summed E-state index contributed by atoms with van der Waals surface area (Å²) in [4.78, 5) is 0. The topological polar surface area (TPSA) is 0 Å². The van der Waals surface area contributed by atoms with Crippen molar-refractivity contribution < 1.29 is 55.8 Å². The van der Waals surface area contributed by atoms with Crippen LogP contribution in [0.1, 0.15) is 13.3 Å². The van der Waals surface area contributed by atoms with Gasteiger partial charge in [-0.05, 0) is 13.3 Å². The first-order chi connectivity index (χ1) is 5.27. The molecule has 0 atom stereocenters. The summed E-state index contributed by atoms with van der Waals surface area (Å²) in [7, 11) is 0.344. The molecule has 0 N–H and O–H groups in total. The Balaban J connectivity index is -0.0000000352. The fourth-order valence-electron chi connectivity index (χ4n) is 0.705. The van der Waals surface area contributed by atoms with Gasteiger partial charge in [0.15, 0.2) is 0 Å². The average molecular weight is 326 g/mol. The zero-order valence-electron chi connectivity index (χ0n) is 9.25. The summed E-state index contributed by atoms with van der Waals surface area (Å²) in [5.74, 6) is 0. The van der Waals surface area contributed by atoms with Crippen molar-refractivity contribution in [3.05, 3.63) is 30.7 Å². The smallest absolute Gasteiger partial charge is 0 e. The van der Waals surface area contributed by atoms with Crippen LogP contribution in [0.5, 0.6) is 0 Å². The molecule has 0 spiro atoms. The normalized spacial score (nSPS) is 9.87. The Labute approximate surface area is 127 Å². The van der Waals surface area contributed by atoms with Crippen molar-refractivity contribution in [2.45, 2.75) is 13.3 Å². The zero-order valence-corrected chi connectivity index (χ0v) is 13.8. The maximum Gasteiger partial charge on any atom is 0 e. The predicted molar refractivity (Wildman–Crippen MR) is 55.2 cm³/mol. The van der Waals surface area contributed by atoms with Crippen LogP contribution < -0.4 is 37.2 Å². The van der Waals surface area contributed by atoms with Crippen molar-refractivity contribution in [1.29, 1.82) is 0 Å². The summed E-state index contributed by atoms with van der Waals surface area (Å²) >= 11 is 0. The molecule has 0 amide bonds. The molecule has 0 unspecified atom stereocenters. The van der Waals surface area contributed by atoms with Gasteiger partial charge in [-0.3, -0.25) is 6.08 Å². The molecule has 0 heterocycles. The summed E-state index contributed by atoms with van der Waals surface area (Å²) in [5.41, 5.74) is 0. The number of allylic oxidation sites excluding steroid dienone is 4. The molecule has 15 heavy (non-hydrogen) atoms. The molecule has 0 aliphatic heterocycles. The first kappa shape index (κ1) is 29.9. The van der Waals surface area contributed by atoms with E-state index < -0.39 is 0 Å². The molecule has 1 rings (SSSR count). The summed E-state index contributed by atoms with van der Waals surface area (Å²) in [6, 6.07) is 0. The molecular formula is C10H17Cl3PV-5. The maximum atomic E-state index is 2.99. The molecule has 1 radical (unpaired) electrons. The van der Waals surface area contributed by atoms with Crippen molar-refractivity contribution in [2.24, 2.45) is 0 Å². The minimum Gasteiger partial charge on any atom is -1.00 e. The standard InChI is InChI=1S/C5H12P.C5H5.3ClH.V/c1-4-5-6(2)3;1-2-4-5-3-1;;;;/h4H,5H2,1-3H3;1-3H,4H2;3*1H;/q2*-1;;;;/p-3. The Morgan fingerprint density at radius 2 is 1.80 bits per heavy atom. The molecule has 0 saturated carbocycles. The molecule has 0 aromatic rings. The van der Waals surface area contributed by atoms with E-state index in [1.165, 1.54) is 6.16 Å². The predicted octanol–water partition coefficient (Wildman–Crippen LogP) is -5.73. The minimum atomic E-state index is 0. The van der Waals surface area contributed by atoms with Crippen LogP contribution in [0.25, 0.3) is 0 Å². The van der Waals surface area contributed by atoms with Crippen LogP contribution in [0.3, 0.4) is 0 Å². The van der Waals surface area contributed by atoms with E-state index in [1.807, 2.05) is 12.2 Å². The van der Waals surface area contributed by atoms with E-state index >= 15 is 0 Å². The SMILES string of the molecule is C[CH-]CP(C)C.[C-]1=CC=CC1.[Cl-].[Cl-].[Cl-].[V]. The van der Waals surface area contributed by atoms with Crippen LogP contribution in [0, 0.1) is 12.5 Å². The Bertz CT molecular complexity index is 129. The molecular weight excluding hydrogens is 308 g/mol. The van der Waals surface area contributed by atoms with Crippen LogP contribution in [-0.4, -0.2) is 19.5 Å². The van der Waals surface area contributed by atoms with Crippen LogP contribution >= 0.6 is 7.92 Å². The van der Waals surface area contributed by atoms with Gasteiger partial charge in [0, 0.05) is 18.6 Å². The second-order valence-electron chi connectivity index (χ2n) is 2.67. The Morgan fingerprint density at radius 1 is 1.27 bits per heavy atom. The van der Waals surface area contributed by atoms with Crippen molar-refractivity contribution >= 4 is 7.92 Å². The van der Waals surface area contributed by atoms with E-state index in [-0.39, 0.29) is 55.8 Å². The van der Waals surface area contributed by atoms with Gasteiger partial charge in [-0.2, -0.15) is 19.2 Å². The summed E-state index contributed by atoms with van der Waals surface area (Å²) < 4.78 is 0. The van der Waals surface area contributed by atoms with Gasteiger partial charge in [-0.25, -0.2) is 12.2 Å². The second kappa shape index (κ2) is 24.5. The fraction of sp³-hybridized carbons (Fsp3) is 0.500. The molecule has 0 fully saturated rings. The third-order valence-electron chi connectivity index (χ3n) is 1.13. The number of rotatable bonds is 2. The number of halogens is 3. The molecule has 0 bridgehead atoms. The van der Waals surface area contributed by atoms with Gasteiger partial charge in [0.25, 0.3) is 0 Å². The van der Waals surface area contributed by atoms with Crippen LogP contribution in [0.2, 0.25) is 0 Å². The zero-order chi connectivity index (χ0) is 8.53. The molecule has 5 heteroatoms. The Morgan fingerprint density at radius 3 is 1.87 bits per heavy atom. The molecule has 0 nitrogen and oxygen atoms in total. The van der Waals surface area contributed by atoms with Gasteiger partial charge in [0.1, 0.15) is 0 Å². The number of hydrogen-bond acceptors (Lipinski definition) is 0. The third kappa shape index (κ3) is 31.3. The molecule has 0 aromatic heterocycles. The Hall–Kier alpha value is 1.36. The van der Waals surface area contributed by atoms with Gasteiger partial charge in [0.05, 0.1) is 0 Å². The number of hydrogen-bond donors (Lipinski definition) is 0. The van der Waals surface area contributed by atoms with Gasteiger partial charge in [-0.15, -0.1) is 14.3 Å². The van der Waals surface area contributed by atoms with Crippen LogP contribution in [0.4, 0.5) is 0 Å². The quantitative estimate of drug-likeness (QED) is 0.351. The van der Waals surface area contributed by atoms with Gasteiger partial charge in [-0.1, -0.05) is 0 Å². The summed E-state index contributed by atoms with van der Waals surface area (Å²) in [6.45, 7) is 6.69. The minimum absolute atomic E-state index is 0. The molecule has 93 valence electrons. The van der Waals surface area contributed by atoms with Crippen LogP contribution in [-0.2, 0) is 18.6 Å². The van der Waals surface area contributed by atoms with E-state index in [1.54, 1.807) is 0 Å². The molecule has 0 saturated heterocycles. The van der Waals surface area contributed by atoms with E-state index in [2.05, 4.69) is 38.8 Å². The molecule has 1 aliphatic carbocycles. The first-order valence-electron chi connectivity index (χ1n) is 3.91. The average Bonchev–Trinajstić information content (AvgIpc) is 2.41. The fourth-order valence-corrected chi connectivity index (χ4v) is 1.44. The monoisotopic (exact) mass is 324 g/mol. The van der Waals surface area contributed by atoms with Gasteiger partial charge < -0.3 is 43.6 Å². The first-order valence-corrected chi connectivity index (χ1v) is 6.33. The second-order valence-corrected chi connectivity index (χ2v) is 5.20.